The molecular weight excluding hydrogens is 200 g/mol. The van der Waals surface area contributed by atoms with E-state index >= 15 is 0 Å². The van der Waals surface area contributed by atoms with Gasteiger partial charge in [0, 0.05) is 18.0 Å². The summed E-state index contributed by atoms with van der Waals surface area (Å²) in [4.78, 5) is 0.329. The number of nitrogens with two attached hydrogens (primary N) is 1. The fraction of sp³-hybridized carbons (Fsp3) is 0. The van der Waals surface area contributed by atoms with Gasteiger partial charge in [0.1, 0.15) is 0 Å². The van der Waals surface area contributed by atoms with Crippen LogP contribution in [0, 0.1) is 5.41 Å². The van der Waals surface area contributed by atoms with Crippen LogP contribution >= 0.6 is 0 Å². The van der Waals surface area contributed by atoms with Gasteiger partial charge in [-0.25, -0.2) is 4.21 Å². The Bertz CT molecular complexity index is 384. The maximum Gasteiger partial charge on any atom is 0.186 e. The van der Waals surface area contributed by atoms with Crippen LogP contribution in [0.5, 0.6) is 0 Å². The van der Waals surface area contributed by atoms with Crippen molar-refractivity contribution in [2.24, 2.45) is 5.73 Å². The Labute approximate surface area is 84.2 Å². The lowest BCUT2D eigenvalue weighted by Crippen LogP contribution is -1.92. The summed E-state index contributed by atoms with van der Waals surface area (Å²) < 4.78 is 19.4. The summed E-state index contributed by atoms with van der Waals surface area (Å²) in [6, 6.07) is 6.34. The summed E-state index contributed by atoms with van der Waals surface area (Å²) in [6.07, 6.45) is 2.45. The Hall–Kier alpha value is -1.46. The third kappa shape index (κ3) is 2.27. The van der Waals surface area contributed by atoms with Crippen molar-refractivity contribution in [3.05, 3.63) is 36.0 Å². The smallest absolute Gasteiger partial charge is 0.186 e. The van der Waals surface area contributed by atoms with E-state index in [-0.39, 0.29) is 0 Å². The molecule has 1 aromatic rings. The molecule has 0 aliphatic carbocycles. The van der Waals surface area contributed by atoms with E-state index in [1.165, 1.54) is 18.3 Å². The molecule has 0 aliphatic heterocycles. The molecule has 0 heterocycles. The van der Waals surface area contributed by atoms with Crippen molar-refractivity contribution in [2.45, 2.75) is 4.90 Å². The van der Waals surface area contributed by atoms with Crippen molar-refractivity contribution in [3.8, 4) is 0 Å². The van der Waals surface area contributed by atoms with Crippen LogP contribution in [-0.4, -0.2) is 15.0 Å². The standard InChI is InChI=1S/C9H10N2O2S/c10-5-8(6-11)7-1-3-9(4-2-7)14(12)13/h1-6,10H,11H2,(H,12,13)/b8-6+,10-5?. The molecule has 1 aromatic carbocycles. The molecule has 5 heteroatoms. The largest absolute Gasteiger partial charge is 0.404 e. The molecule has 74 valence electrons. The van der Waals surface area contributed by atoms with Gasteiger partial charge in [-0.1, -0.05) is 12.1 Å². The van der Waals surface area contributed by atoms with Gasteiger partial charge in [0.15, 0.2) is 11.1 Å². The normalized spacial score (nSPS) is 13.6. The second-order valence-corrected chi connectivity index (χ2v) is 3.51. The number of hydrogen-bond donors (Lipinski definition) is 3. The Morgan fingerprint density at radius 2 is 2.00 bits per heavy atom. The zero-order valence-electron chi connectivity index (χ0n) is 7.31. The van der Waals surface area contributed by atoms with Crippen LogP contribution in [0.1, 0.15) is 5.56 Å². The van der Waals surface area contributed by atoms with Gasteiger partial charge in [-0.3, -0.25) is 0 Å². The summed E-state index contributed by atoms with van der Waals surface area (Å²) in [5, 5.41) is 7.05. The first-order chi connectivity index (χ1) is 6.69. The minimum atomic E-state index is -1.96. The summed E-state index contributed by atoms with van der Waals surface area (Å²) in [5.41, 5.74) is 6.61. The molecule has 4 N–H and O–H groups in total. The number of hydrogen-bond acceptors (Lipinski definition) is 3. The zero-order valence-corrected chi connectivity index (χ0v) is 8.12. The molecule has 0 bridgehead atoms. The Morgan fingerprint density at radius 3 is 2.36 bits per heavy atom. The molecule has 1 unspecified atom stereocenters. The van der Waals surface area contributed by atoms with Gasteiger partial charge < -0.3 is 15.7 Å². The zero-order chi connectivity index (χ0) is 10.6. The van der Waals surface area contributed by atoms with Crippen LogP contribution in [0.25, 0.3) is 5.57 Å². The average Bonchev–Trinajstić information content (AvgIpc) is 2.20. The van der Waals surface area contributed by atoms with Crippen molar-refractivity contribution in [2.75, 3.05) is 0 Å². The second-order valence-electron chi connectivity index (χ2n) is 2.54. The predicted molar refractivity (Wildman–Crippen MR) is 56.4 cm³/mol. The molecule has 0 radical (unpaired) electrons. The van der Waals surface area contributed by atoms with E-state index in [2.05, 4.69) is 0 Å². The average molecular weight is 210 g/mol. The van der Waals surface area contributed by atoms with E-state index < -0.39 is 11.1 Å². The maximum atomic E-state index is 10.6. The molecule has 0 fully saturated rings. The van der Waals surface area contributed by atoms with E-state index in [4.69, 9.17) is 15.7 Å². The van der Waals surface area contributed by atoms with E-state index in [0.717, 1.165) is 11.8 Å². The summed E-state index contributed by atoms with van der Waals surface area (Å²) >= 11 is -1.96. The van der Waals surface area contributed by atoms with E-state index in [1.54, 1.807) is 12.1 Å². The third-order valence-corrected chi connectivity index (χ3v) is 2.40. The SMILES string of the molecule is N=C/C(=C\N)c1ccc(S(=O)O)cc1. The van der Waals surface area contributed by atoms with Gasteiger partial charge in [-0.15, -0.1) is 0 Å². The number of rotatable bonds is 3. The van der Waals surface area contributed by atoms with Gasteiger partial charge >= 0.3 is 0 Å². The molecule has 0 spiro atoms. The molecule has 4 nitrogen and oxygen atoms in total. The predicted octanol–water partition coefficient (Wildman–Crippen LogP) is 1.22. The number of allylic oxidation sites excluding steroid dienone is 1. The molecule has 1 rings (SSSR count). The summed E-state index contributed by atoms with van der Waals surface area (Å²) in [7, 11) is 0. The fourth-order valence-corrected chi connectivity index (χ4v) is 1.36. The Balaban J connectivity index is 3.05. The lowest BCUT2D eigenvalue weighted by atomic mass is 10.1. The van der Waals surface area contributed by atoms with Crippen LogP contribution in [0.2, 0.25) is 0 Å². The quantitative estimate of drug-likeness (QED) is 0.517. The molecule has 0 saturated heterocycles. The highest BCUT2D eigenvalue weighted by atomic mass is 32.2. The van der Waals surface area contributed by atoms with Crippen molar-refractivity contribution < 1.29 is 8.76 Å². The number of nitrogens with one attached hydrogen (secondary N) is 1. The van der Waals surface area contributed by atoms with Gasteiger partial charge in [0.25, 0.3) is 0 Å². The fourth-order valence-electron chi connectivity index (χ4n) is 0.991. The Kier molecular flexibility index (Phi) is 3.55. The highest BCUT2D eigenvalue weighted by molar-refractivity contribution is 7.79. The van der Waals surface area contributed by atoms with Crippen molar-refractivity contribution in [1.82, 2.24) is 0 Å². The minimum absolute atomic E-state index is 0.329. The highest BCUT2D eigenvalue weighted by Crippen LogP contribution is 2.13. The van der Waals surface area contributed by atoms with Crippen molar-refractivity contribution >= 4 is 22.9 Å². The lowest BCUT2D eigenvalue weighted by molar-refractivity contribution is 0.564. The first-order valence-electron chi connectivity index (χ1n) is 3.82. The topological polar surface area (TPSA) is 87.2 Å². The van der Waals surface area contributed by atoms with Crippen molar-refractivity contribution in [1.29, 1.82) is 5.41 Å². The first kappa shape index (κ1) is 10.6. The van der Waals surface area contributed by atoms with Gasteiger partial charge in [-0.2, -0.15) is 0 Å². The van der Waals surface area contributed by atoms with Crippen LogP contribution in [0.4, 0.5) is 0 Å². The van der Waals surface area contributed by atoms with Gasteiger partial charge in [-0.05, 0) is 17.7 Å². The maximum absolute atomic E-state index is 10.6. The molecule has 0 aliphatic rings. The molecule has 0 saturated carbocycles. The third-order valence-electron chi connectivity index (χ3n) is 1.72. The molecule has 0 aromatic heterocycles. The van der Waals surface area contributed by atoms with Crippen molar-refractivity contribution in [3.63, 3.8) is 0 Å². The lowest BCUT2D eigenvalue weighted by Gasteiger charge is -2.00. The van der Waals surface area contributed by atoms with Gasteiger partial charge in [0.05, 0.1) is 4.90 Å². The molecule has 0 amide bonds. The first-order valence-corrected chi connectivity index (χ1v) is 4.93. The minimum Gasteiger partial charge on any atom is -0.404 e. The number of benzene rings is 1. The van der Waals surface area contributed by atoms with E-state index in [1.807, 2.05) is 0 Å². The summed E-state index contributed by atoms with van der Waals surface area (Å²) in [5.74, 6) is 0. The van der Waals surface area contributed by atoms with Crippen LogP contribution in [0.3, 0.4) is 0 Å². The highest BCUT2D eigenvalue weighted by Gasteiger charge is 2.01. The van der Waals surface area contributed by atoms with E-state index in [0.29, 0.717) is 10.5 Å². The molecule has 1 atom stereocenters. The monoisotopic (exact) mass is 210 g/mol. The van der Waals surface area contributed by atoms with Crippen LogP contribution in [-0.2, 0) is 11.1 Å². The molecule has 14 heavy (non-hydrogen) atoms. The molecular formula is C9H10N2O2S. The van der Waals surface area contributed by atoms with E-state index in [9.17, 15) is 4.21 Å². The van der Waals surface area contributed by atoms with Crippen LogP contribution in [0.15, 0.2) is 35.4 Å². The Morgan fingerprint density at radius 1 is 1.43 bits per heavy atom. The van der Waals surface area contributed by atoms with Gasteiger partial charge in [0.2, 0.25) is 0 Å². The summed E-state index contributed by atoms with van der Waals surface area (Å²) in [6.45, 7) is 0. The second kappa shape index (κ2) is 4.69. The van der Waals surface area contributed by atoms with Crippen LogP contribution < -0.4 is 5.73 Å².